The minimum absolute atomic E-state index is 0.575. The van der Waals surface area contributed by atoms with Gasteiger partial charge in [0.15, 0.2) is 0 Å². The molecule has 3 heterocycles. The van der Waals surface area contributed by atoms with E-state index in [0.29, 0.717) is 11.8 Å². The van der Waals surface area contributed by atoms with Crippen molar-refractivity contribution in [2.75, 3.05) is 24.6 Å². The van der Waals surface area contributed by atoms with Crippen molar-refractivity contribution in [1.82, 2.24) is 20.2 Å². The molecule has 112 valence electrons. The SMILES string of the molecule is Cc1cc(OCC2CCN(c3nnc(C)s3)CC2)ncn1. The van der Waals surface area contributed by atoms with Crippen LogP contribution in [0.3, 0.4) is 0 Å². The van der Waals surface area contributed by atoms with Crippen molar-refractivity contribution >= 4 is 16.5 Å². The quantitative estimate of drug-likeness (QED) is 0.863. The Balaban J connectivity index is 1.47. The van der Waals surface area contributed by atoms with Crippen molar-refractivity contribution in [2.45, 2.75) is 26.7 Å². The average molecular weight is 305 g/mol. The van der Waals surface area contributed by atoms with Crippen LogP contribution in [0.5, 0.6) is 5.88 Å². The number of aryl methyl sites for hydroxylation is 2. The molecule has 0 aliphatic carbocycles. The zero-order valence-corrected chi connectivity index (χ0v) is 13.1. The second-order valence-corrected chi connectivity index (χ2v) is 6.50. The van der Waals surface area contributed by atoms with Gasteiger partial charge in [0.05, 0.1) is 6.61 Å². The molecule has 3 rings (SSSR count). The Bertz CT molecular complexity index is 595. The first kappa shape index (κ1) is 14.2. The molecule has 0 spiro atoms. The molecule has 1 aliphatic rings. The largest absolute Gasteiger partial charge is 0.477 e. The van der Waals surface area contributed by atoms with Crippen molar-refractivity contribution in [3.8, 4) is 5.88 Å². The molecular formula is C14H19N5OS. The highest BCUT2D eigenvalue weighted by Gasteiger charge is 2.22. The number of aromatic nitrogens is 4. The van der Waals surface area contributed by atoms with Gasteiger partial charge in [0.1, 0.15) is 11.3 Å². The van der Waals surface area contributed by atoms with E-state index in [0.717, 1.165) is 48.4 Å². The zero-order chi connectivity index (χ0) is 14.7. The van der Waals surface area contributed by atoms with Crippen molar-refractivity contribution in [3.05, 3.63) is 23.1 Å². The van der Waals surface area contributed by atoms with Crippen LogP contribution in [0.25, 0.3) is 0 Å². The lowest BCUT2D eigenvalue weighted by Crippen LogP contribution is -2.35. The summed E-state index contributed by atoms with van der Waals surface area (Å²) in [6.45, 7) is 6.69. The standard InChI is InChI=1S/C14H19N5OS/c1-10-7-13(16-9-15-10)20-8-12-3-5-19(6-4-12)14-18-17-11(2)21-14/h7,9,12H,3-6,8H2,1-2H3. The van der Waals surface area contributed by atoms with E-state index in [1.165, 1.54) is 0 Å². The van der Waals surface area contributed by atoms with Crippen LogP contribution in [0.1, 0.15) is 23.5 Å². The lowest BCUT2D eigenvalue weighted by molar-refractivity contribution is 0.215. The van der Waals surface area contributed by atoms with Gasteiger partial charge >= 0.3 is 0 Å². The van der Waals surface area contributed by atoms with Crippen LogP contribution in [0, 0.1) is 19.8 Å². The predicted molar refractivity (Wildman–Crippen MR) is 81.8 cm³/mol. The maximum absolute atomic E-state index is 5.78. The summed E-state index contributed by atoms with van der Waals surface area (Å²) in [5.41, 5.74) is 0.932. The Morgan fingerprint density at radius 2 is 2.05 bits per heavy atom. The fraction of sp³-hybridized carbons (Fsp3) is 0.571. The number of piperidine rings is 1. The van der Waals surface area contributed by atoms with Crippen LogP contribution >= 0.6 is 11.3 Å². The molecule has 0 atom stereocenters. The summed E-state index contributed by atoms with van der Waals surface area (Å²) in [4.78, 5) is 10.5. The molecule has 0 unspecified atom stereocenters. The third-order valence-corrected chi connectivity index (χ3v) is 4.55. The zero-order valence-electron chi connectivity index (χ0n) is 12.3. The van der Waals surface area contributed by atoms with Gasteiger partial charge in [0.25, 0.3) is 0 Å². The maximum Gasteiger partial charge on any atom is 0.216 e. The number of nitrogens with zero attached hydrogens (tertiary/aromatic N) is 5. The Kier molecular flexibility index (Phi) is 4.28. The molecule has 7 heteroatoms. The van der Waals surface area contributed by atoms with E-state index in [9.17, 15) is 0 Å². The van der Waals surface area contributed by atoms with Crippen LogP contribution in [0.4, 0.5) is 5.13 Å². The minimum atomic E-state index is 0.575. The number of hydrogen-bond acceptors (Lipinski definition) is 7. The van der Waals surface area contributed by atoms with Gasteiger partial charge in [-0.2, -0.15) is 0 Å². The lowest BCUT2D eigenvalue weighted by Gasteiger charge is -2.31. The molecule has 0 amide bonds. The molecule has 2 aromatic heterocycles. The topological polar surface area (TPSA) is 64.0 Å². The van der Waals surface area contributed by atoms with E-state index >= 15 is 0 Å². The van der Waals surface area contributed by atoms with Crippen molar-refractivity contribution < 1.29 is 4.74 Å². The summed E-state index contributed by atoms with van der Waals surface area (Å²) < 4.78 is 5.78. The molecule has 0 radical (unpaired) electrons. The number of rotatable bonds is 4. The van der Waals surface area contributed by atoms with Gasteiger partial charge in [-0.15, -0.1) is 10.2 Å². The molecule has 0 saturated carbocycles. The second kappa shape index (κ2) is 6.34. The van der Waals surface area contributed by atoms with E-state index in [1.807, 2.05) is 19.9 Å². The maximum atomic E-state index is 5.78. The smallest absolute Gasteiger partial charge is 0.216 e. The van der Waals surface area contributed by atoms with Crippen LogP contribution < -0.4 is 9.64 Å². The third-order valence-electron chi connectivity index (χ3n) is 3.65. The summed E-state index contributed by atoms with van der Waals surface area (Å²) in [5.74, 6) is 1.25. The Labute approximate surface area is 128 Å². The molecule has 21 heavy (non-hydrogen) atoms. The van der Waals surface area contributed by atoms with Gasteiger partial charge in [-0.25, -0.2) is 9.97 Å². The van der Waals surface area contributed by atoms with Gasteiger partial charge in [0, 0.05) is 24.8 Å². The fourth-order valence-electron chi connectivity index (χ4n) is 2.42. The highest BCUT2D eigenvalue weighted by Crippen LogP contribution is 2.26. The Morgan fingerprint density at radius 1 is 1.24 bits per heavy atom. The molecule has 0 N–H and O–H groups in total. The van der Waals surface area contributed by atoms with Gasteiger partial charge in [-0.1, -0.05) is 11.3 Å². The van der Waals surface area contributed by atoms with Gasteiger partial charge in [-0.05, 0) is 32.6 Å². The van der Waals surface area contributed by atoms with Gasteiger partial charge in [-0.3, -0.25) is 0 Å². The molecule has 0 bridgehead atoms. The van der Waals surface area contributed by atoms with E-state index < -0.39 is 0 Å². The van der Waals surface area contributed by atoms with Crippen molar-refractivity contribution in [3.63, 3.8) is 0 Å². The molecule has 0 aromatic carbocycles. The Morgan fingerprint density at radius 3 is 2.71 bits per heavy atom. The van der Waals surface area contributed by atoms with Gasteiger partial charge < -0.3 is 9.64 Å². The van der Waals surface area contributed by atoms with Crippen molar-refractivity contribution in [2.24, 2.45) is 5.92 Å². The summed E-state index contributed by atoms with van der Waals surface area (Å²) in [6, 6.07) is 1.87. The lowest BCUT2D eigenvalue weighted by atomic mass is 9.98. The second-order valence-electron chi connectivity index (χ2n) is 5.34. The highest BCUT2D eigenvalue weighted by molar-refractivity contribution is 7.15. The monoisotopic (exact) mass is 305 g/mol. The molecule has 1 saturated heterocycles. The average Bonchev–Trinajstić information content (AvgIpc) is 2.92. The molecule has 2 aromatic rings. The minimum Gasteiger partial charge on any atom is -0.477 e. The van der Waals surface area contributed by atoms with E-state index in [4.69, 9.17) is 4.74 Å². The summed E-state index contributed by atoms with van der Waals surface area (Å²) in [6.07, 6.45) is 3.77. The summed E-state index contributed by atoms with van der Waals surface area (Å²) >= 11 is 1.66. The number of ether oxygens (including phenoxy) is 1. The summed E-state index contributed by atoms with van der Waals surface area (Å²) in [7, 11) is 0. The summed E-state index contributed by atoms with van der Waals surface area (Å²) in [5, 5.41) is 10.4. The van der Waals surface area contributed by atoms with Crippen LogP contribution in [0.15, 0.2) is 12.4 Å². The number of anilines is 1. The van der Waals surface area contributed by atoms with E-state index in [-0.39, 0.29) is 0 Å². The predicted octanol–water partition coefficient (Wildman–Crippen LogP) is 2.24. The van der Waals surface area contributed by atoms with Crippen LogP contribution in [-0.4, -0.2) is 39.9 Å². The fourth-order valence-corrected chi connectivity index (χ4v) is 3.16. The van der Waals surface area contributed by atoms with Crippen LogP contribution in [0.2, 0.25) is 0 Å². The first-order chi connectivity index (χ1) is 10.2. The number of hydrogen-bond donors (Lipinski definition) is 0. The van der Waals surface area contributed by atoms with E-state index in [1.54, 1.807) is 17.7 Å². The molecular weight excluding hydrogens is 286 g/mol. The highest BCUT2D eigenvalue weighted by atomic mass is 32.1. The van der Waals surface area contributed by atoms with E-state index in [2.05, 4.69) is 25.1 Å². The third kappa shape index (κ3) is 3.66. The van der Waals surface area contributed by atoms with Crippen LogP contribution in [-0.2, 0) is 0 Å². The first-order valence-electron chi connectivity index (χ1n) is 7.17. The molecule has 1 fully saturated rings. The first-order valence-corrected chi connectivity index (χ1v) is 7.99. The molecule has 1 aliphatic heterocycles. The van der Waals surface area contributed by atoms with Gasteiger partial charge in [0.2, 0.25) is 11.0 Å². The normalized spacial score (nSPS) is 16.2. The van der Waals surface area contributed by atoms with Crippen molar-refractivity contribution in [1.29, 1.82) is 0 Å². The Hall–Kier alpha value is -1.76. The molecule has 6 nitrogen and oxygen atoms in total.